The number of hydrogen-bond donors (Lipinski definition) is 0. The van der Waals surface area contributed by atoms with Gasteiger partial charge in [0.1, 0.15) is 34.9 Å². The molecule has 6 heteroatoms. The van der Waals surface area contributed by atoms with E-state index < -0.39 is 34.9 Å². The second-order valence-corrected chi connectivity index (χ2v) is 4.40. The first kappa shape index (κ1) is 17.1. The van der Waals surface area contributed by atoms with Gasteiger partial charge in [0.15, 0.2) is 0 Å². The van der Waals surface area contributed by atoms with E-state index in [2.05, 4.69) is 0 Å². The van der Waals surface area contributed by atoms with Gasteiger partial charge in [-0.05, 0) is 20.8 Å². The Labute approximate surface area is 118 Å². The van der Waals surface area contributed by atoms with Crippen molar-refractivity contribution in [2.45, 2.75) is 20.8 Å². The van der Waals surface area contributed by atoms with E-state index in [9.17, 15) is 26.3 Å². The molecule has 0 aliphatic rings. The van der Waals surface area contributed by atoms with Crippen LogP contribution in [0, 0.1) is 55.7 Å². The Kier molecular flexibility index (Phi) is 5.41. The van der Waals surface area contributed by atoms with Gasteiger partial charge in [0.25, 0.3) is 0 Å². The fourth-order valence-electron chi connectivity index (χ4n) is 1.65. The number of rotatable bonds is 0. The summed E-state index contributed by atoms with van der Waals surface area (Å²) in [7, 11) is 0. The molecule has 0 atom stereocenters. The Morgan fingerprint density at radius 2 is 0.667 bits per heavy atom. The van der Waals surface area contributed by atoms with E-state index in [1.54, 1.807) is 0 Å². The lowest BCUT2D eigenvalue weighted by Gasteiger charge is -2.07. The predicted molar refractivity (Wildman–Crippen MR) is 66.8 cm³/mol. The van der Waals surface area contributed by atoms with Crippen LogP contribution >= 0.6 is 0 Å². The van der Waals surface area contributed by atoms with Crippen LogP contribution in [0.1, 0.15) is 16.7 Å². The van der Waals surface area contributed by atoms with Crippen LogP contribution in [0.4, 0.5) is 26.3 Å². The zero-order chi connectivity index (χ0) is 16.3. The fraction of sp³-hybridized carbons (Fsp3) is 0.200. The van der Waals surface area contributed by atoms with Crippen molar-refractivity contribution in [3.63, 3.8) is 0 Å². The smallest absolute Gasteiger partial charge is 0.134 e. The Morgan fingerprint density at radius 1 is 0.476 bits per heavy atom. The molecule has 0 amide bonds. The van der Waals surface area contributed by atoms with Crippen molar-refractivity contribution in [3.8, 4) is 0 Å². The van der Waals surface area contributed by atoms with Gasteiger partial charge in [0, 0.05) is 34.9 Å². The van der Waals surface area contributed by atoms with Gasteiger partial charge in [-0.15, -0.1) is 0 Å². The summed E-state index contributed by atoms with van der Waals surface area (Å²) in [4.78, 5) is 0. The molecule has 0 fully saturated rings. The van der Waals surface area contributed by atoms with Crippen molar-refractivity contribution >= 4 is 0 Å². The molecule has 0 bridgehead atoms. The number of halogens is 6. The van der Waals surface area contributed by atoms with Crippen LogP contribution < -0.4 is 0 Å². The van der Waals surface area contributed by atoms with E-state index in [0.29, 0.717) is 18.2 Å². The minimum Gasteiger partial charge on any atom is -0.207 e. The summed E-state index contributed by atoms with van der Waals surface area (Å²) in [5.74, 6) is -5.07. The summed E-state index contributed by atoms with van der Waals surface area (Å²) >= 11 is 0. The molecule has 0 radical (unpaired) electrons. The Morgan fingerprint density at radius 3 is 0.857 bits per heavy atom. The van der Waals surface area contributed by atoms with Gasteiger partial charge >= 0.3 is 0 Å². The maximum absolute atomic E-state index is 13.0. The summed E-state index contributed by atoms with van der Waals surface area (Å²) in [6, 6.07) is 1.84. The van der Waals surface area contributed by atoms with Gasteiger partial charge in [-0.3, -0.25) is 0 Å². The fourth-order valence-corrected chi connectivity index (χ4v) is 1.65. The molecule has 21 heavy (non-hydrogen) atoms. The Hall–Kier alpha value is -1.98. The molecular formula is C15H12F6. The van der Waals surface area contributed by atoms with E-state index in [-0.39, 0.29) is 16.7 Å². The molecule has 0 saturated carbocycles. The second kappa shape index (κ2) is 6.65. The third-order valence-electron chi connectivity index (χ3n) is 2.80. The van der Waals surface area contributed by atoms with E-state index in [1.807, 2.05) is 0 Å². The van der Waals surface area contributed by atoms with Crippen molar-refractivity contribution < 1.29 is 26.3 Å². The van der Waals surface area contributed by atoms with Crippen LogP contribution in [0.2, 0.25) is 0 Å². The topological polar surface area (TPSA) is 0 Å². The first-order valence-corrected chi connectivity index (χ1v) is 5.87. The molecule has 0 saturated heterocycles. The van der Waals surface area contributed by atoms with Crippen molar-refractivity contribution in [2.75, 3.05) is 0 Å². The van der Waals surface area contributed by atoms with Crippen LogP contribution in [-0.4, -0.2) is 0 Å². The molecule has 0 aliphatic heterocycles. The monoisotopic (exact) mass is 306 g/mol. The first-order chi connectivity index (χ1) is 9.65. The number of hydrogen-bond acceptors (Lipinski definition) is 0. The summed E-state index contributed by atoms with van der Waals surface area (Å²) in [5, 5.41) is 0. The Bertz CT molecular complexity index is 508. The minimum atomic E-state index is -0.896. The maximum atomic E-state index is 13.0. The molecule has 0 aliphatic carbocycles. The third kappa shape index (κ3) is 4.00. The van der Waals surface area contributed by atoms with Crippen LogP contribution in [0.25, 0.3) is 0 Å². The highest BCUT2D eigenvalue weighted by Crippen LogP contribution is 2.22. The largest absolute Gasteiger partial charge is 0.207 e. The first-order valence-electron chi connectivity index (χ1n) is 5.87. The van der Waals surface area contributed by atoms with Crippen LogP contribution in [0.15, 0.2) is 18.2 Å². The normalized spacial score (nSPS) is 10.1. The average Bonchev–Trinajstić information content (AvgIpc) is 2.40. The summed E-state index contributed by atoms with van der Waals surface area (Å²) in [5.41, 5.74) is -0.357. The molecule has 0 N–H and O–H groups in total. The molecule has 0 aromatic heterocycles. The third-order valence-corrected chi connectivity index (χ3v) is 2.80. The summed E-state index contributed by atoms with van der Waals surface area (Å²) in [6.07, 6.45) is 0. The van der Waals surface area contributed by atoms with E-state index in [4.69, 9.17) is 0 Å². The molecule has 114 valence electrons. The second-order valence-electron chi connectivity index (χ2n) is 4.40. The highest BCUT2D eigenvalue weighted by molar-refractivity contribution is 5.33. The van der Waals surface area contributed by atoms with Gasteiger partial charge in [0.2, 0.25) is 0 Å². The van der Waals surface area contributed by atoms with E-state index in [0.717, 1.165) is 0 Å². The van der Waals surface area contributed by atoms with Crippen molar-refractivity contribution in [3.05, 3.63) is 69.8 Å². The van der Waals surface area contributed by atoms with Gasteiger partial charge in [-0.1, -0.05) is 0 Å². The van der Waals surface area contributed by atoms with Crippen molar-refractivity contribution in [2.24, 2.45) is 0 Å². The predicted octanol–water partition coefficient (Wildman–Crippen LogP) is 5.13. The minimum absolute atomic E-state index is 0.119. The lowest BCUT2D eigenvalue weighted by atomic mass is 10.1. The number of benzene rings is 2. The van der Waals surface area contributed by atoms with Gasteiger partial charge in [0.05, 0.1) is 0 Å². The van der Waals surface area contributed by atoms with Crippen LogP contribution in [0.5, 0.6) is 0 Å². The SMILES string of the molecule is Cc1c(F)c(C)c(F)c(C)c1F.Fc1cc(F)cc(F)c1. The average molecular weight is 306 g/mol. The van der Waals surface area contributed by atoms with Crippen molar-refractivity contribution in [1.29, 1.82) is 0 Å². The molecule has 2 aromatic carbocycles. The lowest BCUT2D eigenvalue weighted by Crippen LogP contribution is -2.01. The molecule has 2 aromatic rings. The molecule has 0 nitrogen and oxygen atoms in total. The maximum Gasteiger partial charge on any atom is 0.134 e. The molecule has 0 heterocycles. The Balaban J connectivity index is 0.000000219. The van der Waals surface area contributed by atoms with Gasteiger partial charge in [-0.25, -0.2) is 26.3 Å². The summed E-state index contributed by atoms with van der Waals surface area (Å²) in [6.45, 7) is 3.89. The van der Waals surface area contributed by atoms with Crippen LogP contribution in [-0.2, 0) is 0 Å². The molecule has 2 rings (SSSR count). The molecule has 0 spiro atoms. The lowest BCUT2D eigenvalue weighted by molar-refractivity contribution is 0.512. The molecule has 0 unspecified atom stereocenters. The highest BCUT2D eigenvalue weighted by atomic mass is 19.2. The highest BCUT2D eigenvalue weighted by Gasteiger charge is 2.16. The standard InChI is InChI=1S/C9H9F3.C6H3F3/c1-4-7(10)5(2)9(12)6(3)8(4)11;7-4-1-5(8)3-6(9)2-4/h1-3H3;1-3H. The molecular weight excluding hydrogens is 294 g/mol. The summed E-state index contributed by atoms with van der Waals surface area (Å²) < 4.78 is 74.7. The van der Waals surface area contributed by atoms with Gasteiger partial charge < -0.3 is 0 Å². The quantitative estimate of drug-likeness (QED) is 0.592. The van der Waals surface area contributed by atoms with E-state index in [1.165, 1.54) is 20.8 Å². The van der Waals surface area contributed by atoms with E-state index >= 15 is 0 Å². The van der Waals surface area contributed by atoms with Crippen LogP contribution in [0.3, 0.4) is 0 Å². The zero-order valence-corrected chi connectivity index (χ0v) is 11.5. The van der Waals surface area contributed by atoms with Gasteiger partial charge in [-0.2, -0.15) is 0 Å². The zero-order valence-electron chi connectivity index (χ0n) is 11.5. The van der Waals surface area contributed by atoms with Crippen molar-refractivity contribution in [1.82, 2.24) is 0 Å².